The van der Waals surface area contributed by atoms with Gasteiger partial charge in [0.1, 0.15) is 5.54 Å². The Kier molecular flexibility index (Phi) is 6.02. The SMILES string of the molecule is CCOC(=O)C(C)(N)CCCCN1CCN2CCCC2C1. The van der Waals surface area contributed by atoms with E-state index in [1.165, 1.54) is 39.0 Å². The van der Waals surface area contributed by atoms with Crippen LogP contribution in [0.25, 0.3) is 0 Å². The highest BCUT2D eigenvalue weighted by atomic mass is 16.5. The highest BCUT2D eigenvalue weighted by Crippen LogP contribution is 2.22. The van der Waals surface area contributed by atoms with E-state index < -0.39 is 5.54 Å². The van der Waals surface area contributed by atoms with E-state index in [2.05, 4.69) is 9.80 Å². The quantitative estimate of drug-likeness (QED) is 0.565. The maximum Gasteiger partial charge on any atom is 0.325 e. The molecule has 0 aromatic rings. The van der Waals surface area contributed by atoms with Crippen molar-refractivity contribution in [2.75, 3.05) is 39.3 Å². The fourth-order valence-electron chi connectivity index (χ4n) is 3.48. The summed E-state index contributed by atoms with van der Waals surface area (Å²) < 4.78 is 5.02. The Balaban J connectivity index is 1.62. The number of carbonyl (C=O) groups is 1. The molecule has 0 aromatic heterocycles. The van der Waals surface area contributed by atoms with Gasteiger partial charge in [0.05, 0.1) is 6.61 Å². The second-order valence-electron chi connectivity index (χ2n) is 6.73. The fourth-order valence-corrected chi connectivity index (χ4v) is 3.48. The van der Waals surface area contributed by atoms with Gasteiger partial charge in [-0.25, -0.2) is 0 Å². The largest absolute Gasteiger partial charge is 0.465 e. The molecule has 0 bridgehead atoms. The van der Waals surface area contributed by atoms with Crippen molar-refractivity contribution in [3.8, 4) is 0 Å². The summed E-state index contributed by atoms with van der Waals surface area (Å²) in [4.78, 5) is 16.9. The number of fused-ring (bicyclic) bond motifs is 1. The third-order valence-corrected chi connectivity index (χ3v) is 4.83. The molecule has 2 unspecified atom stereocenters. The van der Waals surface area contributed by atoms with Gasteiger partial charge in [-0.15, -0.1) is 0 Å². The van der Waals surface area contributed by atoms with E-state index >= 15 is 0 Å². The normalized spacial score (nSPS) is 26.3. The van der Waals surface area contributed by atoms with Crippen molar-refractivity contribution >= 4 is 5.97 Å². The van der Waals surface area contributed by atoms with Crippen molar-refractivity contribution in [3.05, 3.63) is 0 Å². The third-order valence-electron chi connectivity index (χ3n) is 4.83. The molecule has 2 fully saturated rings. The van der Waals surface area contributed by atoms with Crippen LogP contribution in [-0.4, -0.2) is 66.7 Å². The van der Waals surface area contributed by atoms with Gasteiger partial charge in [-0.05, 0) is 59.0 Å². The van der Waals surface area contributed by atoms with Gasteiger partial charge >= 0.3 is 5.97 Å². The Bertz CT molecular complexity index is 346. The minimum Gasteiger partial charge on any atom is -0.465 e. The van der Waals surface area contributed by atoms with Gasteiger partial charge in [-0.3, -0.25) is 9.69 Å². The van der Waals surface area contributed by atoms with Crippen molar-refractivity contribution in [3.63, 3.8) is 0 Å². The first-order chi connectivity index (χ1) is 10.0. The molecule has 0 spiro atoms. The summed E-state index contributed by atoms with van der Waals surface area (Å²) in [5.41, 5.74) is 5.21. The first-order valence-electron chi connectivity index (χ1n) is 8.45. The predicted molar refractivity (Wildman–Crippen MR) is 84.1 cm³/mol. The first kappa shape index (κ1) is 16.7. The van der Waals surface area contributed by atoms with Gasteiger partial charge in [0.2, 0.25) is 0 Å². The molecule has 2 N–H and O–H groups in total. The van der Waals surface area contributed by atoms with Crippen molar-refractivity contribution in [1.29, 1.82) is 0 Å². The molecule has 21 heavy (non-hydrogen) atoms. The smallest absolute Gasteiger partial charge is 0.325 e. The predicted octanol–water partition coefficient (Wildman–Crippen LogP) is 1.22. The average molecular weight is 297 g/mol. The summed E-state index contributed by atoms with van der Waals surface area (Å²) >= 11 is 0. The monoisotopic (exact) mass is 297 g/mol. The van der Waals surface area contributed by atoms with E-state index in [1.54, 1.807) is 6.92 Å². The number of carbonyl (C=O) groups excluding carboxylic acids is 1. The Morgan fingerprint density at radius 3 is 2.90 bits per heavy atom. The zero-order valence-electron chi connectivity index (χ0n) is 13.6. The summed E-state index contributed by atoms with van der Waals surface area (Å²) in [7, 11) is 0. The van der Waals surface area contributed by atoms with Crippen LogP contribution in [0.4, 0.5) is 0 Å². The number of nitrogens with two attached hydrogens (primary N) is 1. The fraction of sp³-hybridized carbons (Fsp3) is 0.938. The Hall–Kier alpha value is -0.650. The molecular formula is C16H31N3O2. The van der Waals surface area contributed by atoms with Crippen molar-refractivity contribution in [1.82, 2.24) is 9.80 Å². The molecule has 0 radical (unpaired) electrons. The highest BCUT2D eigenvalue weighted by Gasteiger charge is 2.31. The van der Waals surface area contributed by atoms with Crippen LogP contribution in [0.5, 0.6) is 0 Å². The van der Waals surface area contributed by atoms with Crippen LogP contribution in [0.3, 0.4) is 0 Å². The van der Waals surface area contributed by atoms with E-state index in [9.17, 15) is 4.79 Å². The molecule has 2 aliphatic heterocycles. The van der Waals surface area contributed by atoms with E-state index in [-0.39, 0.29) is 5.97 Å². The number of esters is 1. The molecule has 0 amide bonds. The van der Waals surface area contributed by atoms with Gasteiger partial charge in [-0.1, -0.05) is 0 Å². The van der Waals surface area contributed by atoms with Crippen molar-refractivity contribution < 1.29 is 9.53 Å². The van der Waals surface area contributed by atoms with E-state index in [0.717, 1.165) is 25.4 Å². The van der Waals surface area contributed by atoms with Crippen LogP contribution in [0.2, 0.25) is 0 Å². The van der Waals surface area contributed by atoms with Crippen molar-refractivity contribution in [2.24, 2.45) is 5.73 Å². The third kappa shape index (κ3) is 4.66. The van der Waals surface area contributed by atoms with Crippen LogP contribution in [0.1, 0.15) is 46.0 Å². The molecule has 2 rings (SSSR count). The number of hydrogen-bond acceptors (Lipinski definition) is 5. The molecule has 0 aliphatic carbocycles. The highest BCUT2D eigenvalue weighted by molar-refractivity contribution is 5.79. The van der Waals surface area contributed by atoms with Gasteiger partial charge in [-0.2, -0.15) is 0 Å². The molecule has 5 nitrogen and oxygen atoms in total. The summed E-state index contributed by atoms with van der Waals surface area (Å²) in [6.45, 7) is 10.1. The van der Waals surface area contributed by atoms with Crippen molar-refractivity contribution in [2.45, 2.75) is 57.5 Å². The van der Waals surface area contributed by atoms with E-state index in [0.29, 0.717) is 13.0 Å². The molecule has 2 saturated heterocycles. The Morgan fingerprint density at radius 2 is 2.14 bits per heavy atom. The lowest BCUT2D eigenvalue weighted by atomic mass is 9.96. The van der Waals surface area contributed by atoms with Crippen LogP contribution < -0.4 is 5.73 Å². The van der Waals surface area contributed by atoms with E-state index in [1.807, 2.05) is 6.92 Å². The number of ether oxygens (including phenoxy) is 1. The molecule has 2 heterocycles. The topological polar surface area (TPSA) is 58.8 Å². The average Bonchev–Trinajstić information content (AvgIpc) is 2.91. The Morgan fingerprint density at radius 1 is 1.33 bits per heavy atom. The van der Waals surface area contributed by atoms with E-state index in [4.69, 9.17) is 10.5 Å². The number of piperazine rings is 1. The van der Waals surface area contributed by atoms with Gasteiger partial charge in [0, 0.05) is 25.7 Å². The maximum absolute atomic E-state index is 11.7. The molecule has 122 valence electrons. The number of nitrogens with zero attached hydrogens (tertiary/aromatic N) is 2. The molecule has 2 aliphatic rings. The molecule has 0 saturated carbocycles. The van der Waals surface area contributed by atoms with Gasteiger partial charge in [0.25, 0.3) is 0 Å². The lowest BCUT2D eigenvalue weighted by Gasteiger charge is -2.37. The minimum absolute atomic E-state index is 0.274. The summed E-state index contributed by atoms with van der Waals surface area (Å²) in [6.07, 6.45) is 5.52. The summed E-state index contributed by atoms with van der Waals surface area (Å²) in [5.74, 6) is -0.274. The number of rotatable bonds is 7. The standard InChI is InChI=1S/C16H31N3O2/c1-3-21-15(20)16(2,17)8-4-5-9-18-11-12-19-10-6-7-14(19)13-18/h14H,3-13,17H2,1-2H3. The lowest BCUT2D eigenvalue weighted by Crippen LogP contribution is -2.50. The summed E-state index contributed by atoms with van der Waals surface area (Å²) in [6, 6.07) is 0.790. The van der Waals surface area contributed by atoms with Crippen LogP contribution in [0, 0.1) is 0 Å². The van der Waals surface area contributed by atoms with Gasteiger partial charge in [0.15, 0.2) is 0 Å². The maximum atomic E-state index is 11.7. The summed E-state index contributed by atoms with van der Waals surface area (Å²) in [5, 5.41) is 0. The van der Waals surface area contributed by atoms with Gasteiger partial charge < -0.3 is 15.4 Å². The number of hydrogen-bond donors (Lipinski definition) is 1. The van der Waals surface area contributed by atoms with Crippen LogP contribution >= 0.6 is 0 Å². The first-order valence-corrected chi connectivity index (χ1v) is 8.45. The number of unbranched alkanes of at least 4 members (excludes halogenated alkanes) is 1. The second-order valence-corrected chi connectivity index (χ2v) is 6.73. The Labute approximate surface area is 128 Å². The molecule has 2 atom stereocenters. The molecule has 0 aromatic carbocycles. The van der Waals surface area contributed by atoms with Crippen LogP contribution in [0.15, 0.2) is 0 Å². The molecular weight excluding hydrogens is 266 g/mol. The zero-order chi connectivity index (χ0) is 15.3. The zero-order valence-corrected chi connectivity index (χ0v) is 13.6. The molecule has 5 heteroatoms. The minimum atomic E-state index is -0.833. The van der Waals surface area contributed by atoms with Crippen LogP contribution in [-0.2, 0) is 9.53 Å². The second kappa shape index (κ2) is 7.56. The lowest BCUT2D eigenvalue weighted by molar-refractivity contribution is -0.149.